The Kier molecular flexibility index (Phi) is 8.87. The number of hydrogen-bond donors (Lipinski definition) is 2. The van der Waals surface area contributed by atoms with E-state index in [-0.39, 0.29) is 17.9 Å². The van der Waals surface area contributed by atoms with Gasteiger partial charge >= 0.3 is 12.1 Å². The van der Waals surface area contributed by atoms with Crippen molar-refractivity contribution in [2.45, 2.75) is 25.1 Å². The van der Waals surface area contributed by atoms with E-state index in [4.69, 9.17) is 14.9 Å². The van der Waals surface area contributed by atoms with Crippen LogP contribution in [0.2, 0.25) is 0 Å². The number of amides is 2. The van der Waals surface area contributed by atoms with E-state index in [9.17, 15) is 22.8 Å². The molecule has 0 bridgehead atoms. The molecule has 2 amide bonds. The maximum Gasteiger partial charge on any atom is 0.490 e. The van der Waals surface area contributed by atoms with Gasteiger partial charge in [0.2, 0.25) is 0 Å². The first-order chi connectivity index (χ1) is 17.5. The minimum atomic E-state index is -5.08. The van der Waals surface area contributed by atoms with Gasteiger partial charge in [-0.15, -0.1) is 0 Å². The molecule has 37 heavy (non-hydrogen) atoms. The van der Waals surface area contributed by atoms with E-state index in [2.05, 4.69) is 5.32 Å². The van der Waals surface area contributed by atoms with E-state index < -0.39 is 12.1 Å². The van der Waals surface area contributed by atoms with Gasteiger partial charge in [0.1, 0.15) is 5.82 Å². The fourth-order valence-electron chi connectivity index (χ4n) is 3.97. The van der Waals surface area contributed by atoms with Gasteiger partial charge in [-0.05, 0) is 51.2 Å². The third kappa shape index (κ3) is 6.85. The molecular weight excluding hydrogens is 491 g/mol. The zero-order valence-electron chi connectivity index (χ0n) is 20.4. The highest BCUT2D eigenvalue weighted by Gasteiger charge is 2.38. The van der Waals surface area contributed by atoms with Crippen LogP contribution in [-0.2, 0) is 4.79 Å². The van der Waals surface area contributed by atoms with E-state index in [1.54, 1.807) is 0 Å². The van der Waals surface area contributed by atoms with Gasteiger partial charge in [-0.1, -0.05) is 24.3 Å². The van der Waals surface area contributed by atoms with Crippen LogP contribution < -0.4 is 5.32 Å². The zero-order chi connectivity index (χ0) is 27.2. The number of nitrogens with zero attached hydrogens (tertiary/aromatic N) is 4. The Bertz CT molecular complexity index is 1240. The highest BCUT2D eigenvalue weighted by molar-refractivity contribution is 5.99. The summed E-state index contributed by atoms with van der Waals surface area (Å²) in [6.07, 6.45) is -1.43. The van der Waals surface area contributed by atoms with Crippen molar-refractivity contribution in [1.82, 2.24) is 24.5 Å². The minimum absolute atomic E-state index is 0.00256. The molecule has 0 radical (unpaired) electrons. The number of alkyl halides is 3. The molecule has 1 aliphatic rings. The van der Waals surface area contributed by atoms with Crippen LogP contribution in [0.5, 0.6) is 0 Å². The molecule has 0 aliphatic carbocycles. The van der Waals surface area contributed by atoms with Crippen LogP contribution >= 0.6 is 0 Å². The predicted octanol–water partition coefficient (Wildman–Crippen LogP) is 3.24. The summed E-state index contributed by atoms with van der Waals surface area (Å²) in [7, 11) is 3.93. The maximum absolute atomic E-state index is 13.1. The number of pyridine rings is 1. The first-order valence-electron chi connectivity index (χ1n) is 11.6. The van der Waals surface area contributed by atoms with Gasteiger partial charge in [0.25, 0.3) is 11.8 Å². The molecule has 1 unspecified atom stereocenters. The van der Waals surface area contributed by atoms with Crippen LogP contribution in [0.3, 0.4) is 0 Å². The lowest BCUT2D eigenvalue weighted by Gasteiger charge is -2.24. The lowest BCUT2D eigenvalue weighted by molar-refractivity contribution is -0.192. The number of aliphatic carboxylic acids is 1. The molecule has 1 atom stereocenters. The molecular formula is C25H28F3N5O4. The number of nitrogens with one attached hydrogen (secondary N) is 1. The number of halogens is 3. The fraction of sp³-hybridized carbons (Fsp3) is 0.360. The van der Waals surface area contributed by atoms with Crippen LogP contribution in [0.1, 0.15) is 45.6 Å². The third-order valence-corrected chi connectivity index (χ3v) is 5.71. The van der Waals surface area contributed by atoms with Crippen molar-refractivity contribution < 1.29 is 32.7 Å². The molecule has 3 aromatic rings. The number of imidazole rings is 1. The van der Waals surface area contributed by atoms with E-state index >= 15 is 0 Å². The number of carbonyl (C=O) groups is 3. The van der Waals surface area contributed by atoms with Gasteiger partial charge in [-0.2, -0.15) is 13.2 Å². The number of fused-ring (bicyclic) bond motifs is 1. The van der Waals surface area contributed by atoms with E-state index in [0.717, 1.165) is 30.7 Å². The fourth-order valence-corrected chi connectivity index (χ4v) is 3.97. The smallest absolute Gasteiger partial charge is 0.475 e. The molecule has 0 saturated carbocycles. The summed E-state index contributed by atoms with van der Waals surface area (Å²) in [6, 6.07) is 14.9. The minimum Gasteiger partial charge on any atom is -0.475 e. The number of likely N-dealkylation sites (tertiary alicyclic amines) is 1. The van der Waals surface area contributed by atoms with Crippen LogP contribution in [0.15, 0.2) is 54.7 Å². The number of likely N-dealkylation sites (N-methyl/N-ethyl adjacent to an activating group) is 1. The predicted molar refractivity (Wildman–Crippen MR) is 129 cm³/mol. The van der Waals surface area contributed by atoms with Crippen molar-refractivity contribution in [3.05, 3.63) is 71.8 Å². The Morgan fingerprint density at radius 2 is 1.76 bits per heavy atom. The summed E-state index contributed by atoms with van der Waals surface area (Å²) in [6.45, 7) is 1.99. The molecule has 3 heterocycles. The summed E-state index contributed by atoms with van der Waals surface area (Å²) >= 11 is 0. The standard InChI is InChI=1S/C23H27N5O2.C2HF3O2/c1-26(2)16-13-24-22(29)20-18-11-6-7-14-27(18)21(25-20)19-12-8-15-28(19)23(30)17-9-4-3-5-10-17;3-2(4,5)1(6)7/h3-7,9-11,14,19H,8,12-13,15-16H2,1-2H3,(H,24,29);(H,6,7). The highest BCUT2D eigenvalue weighted by Crippen LogP contribution is 2.33. The molecule has 1 aromatic carbocycles. The molecule has 9 nitrogen and oxygen atoms in total. The van der Waals surface area contributed by atoms with E-state index in [0.29, 0.717) is 24.3 Å². The largest absolute Gasteiger partial charge is 0.490 e. The number of carboxylic acid groups (broad SMARTS) is 1. The summed E-state index contributed by atoms with van der Waals surface area (Å²) in [4.78, 5) is 43.5. The number of rotatable bonds is 6. The number of aromatic nitrogens is 2. The van der Waals surface area contributed by atoms with Crippen molar-refractivity contribution in [2.24, 2.45) is 0 Å². The van der Waals surface area contributed by atoms with Crippen LogP contribution in [0, 0.1) is 0 Å². The number of carboxylic acids is 1. The molecule has 0 spiro atoms. The maximum atomic E-state index is 13.1. The number of benzene rings is 1. The van der Waals surface area contributed by atoms with Gasteiger partial charge < -0.3 is 24.6 Å². The monoisotopic (exact) mass is 519 g/mol. The van der Waals surface area contributed by atoms with Gasteiger partial charge in [-0.25, -0.2) is 9.78 Å². The molecule has 1 fully saturated rings. The summed E-state index contributed by atoms with van der Waals surface area (Å²) in [5.74, 6) is -2.20. The average molecular weight is 520 g/mol. The van der Waals surface area contributed by atoms with Crippen LogP contribution in [0.25, 0.3) is 5.52 Å². The summed E-state index contributed by atoms with van der Waals surface area (Å²) in [5.41, 5.74) is 1.84. The Hall–Kier alpha value is -3.93. The van der Waals surface area contributed by atoms with Crippen LogP contribution in [0.4, 0.5) is 13.2 Å². The molecule has 1 aliphatic heterocycles. The van der Waals surface area contributed by atoms with Gasteiger partial charge in [0.15, 0.2) is 5.69 Å². The number of hydrogen-bond acceptors (Lipinski definition) is 5. The van der Waals surface area contributed by atoms with Crippen molar-refractivity contribution in [1.29, 1.82) is 0 Å². The lowest BCUT2D eigenvalue weighted by Crippen LogP contribution is -2.32. The Morgan fingerprint density at radius 3 is 2.38 bits per heavy atom. The summed E-state index contributed by atoms with van der Waals surface area (Å²) < 4.78 is 33.7. The molecule has 2 N–H and O–H groups in total. The lowest BCUT2D eigenvalue weighted by atomic mass is 10.1. The quantitative estimate of drug-likeness (QED) is 0.518. The first kappa shape index (κ1) is 27.7. The van der Waals surface area contributed by atoms with Crippen molar-refractivity contribution in [2.75, 3.05) is 33.7 Å². The third-order valence-electron chi connectivity index (χ3n) is 5.71. The second kappa shape index (κ2) is 11.9. The molecule has 2 aromatic heterocycles. The second-order valence-electron chi connectivity index (χ2n) is 8.66. The molecule has 12 heteroatoms. The van der Waals surface area contributed by atoms with Crippen molar-refractivity contribution in [3.63, 3.8) is 0 Å². The van der Waals surface area contributed by atoms with E-state index in [1.165, 1.54) is 0 Å². The van der Waals surface area contributed by atoms with Gasteiger partial charge in [0, 0.05) is 31.4 Å². The van der Waals surface area contributed by atoms with E-state index in [1.807, 2.05) is 83.0 Å². The van der Waals surface area contributed by atoms with Gasteiger partial charge in [0.05, 0.1) is 11.6 Å². The van der Waals surface area contributed by atoms with Crippen molar-refractivity contribution in [3.8, 4) is 0 Å². The van der Waals surface area contributed by atoms with Crippen molar-refractivity contribution >= 4 is 23.3 Å². The Balaban J connectivity index is 0.000000479. The topological polar surface area (TPSA) is 107 Å². The zero-order valence-corrected chi connectivity index (χ0v) is 20.4. The highest BCUT2D eigenvalue weighted by atomic mass is 19.4. The number of carbonyl (C=O) groups excluding carboxylic acids is 2. The molecule has 1 saturated heterocycles. The first-order valence-corrected chi connectivity index (χ1v) is 11.6. The Morgan fingerprint density at radius 1 is 1.11 bits per heavy atom. The van der Waals surface area contributed by atoms with Gasteiger partial charge in [-0.3, -0.25) is 9.59 Å². The molecule has 198 valence electrons. The second-order valence-corrected chi connectivity index (χ2v) is 8.66. The van der Waals surface area contributed by atoms with Crippen LogP contribution in [-0.4, -0.2) is 82.0 Å². The SMILES string of the molecule is CN(C)CCNC(=O)c1nc(C2CCCN2C(=O)c2ccccc2)n2ccccc12.O=C(O)C(F)(F)F. The molecule has 4 rings (SSSR count). The average Bonchev–Trinajstić information content (AvgIpc) is 3.48. The summed E-state index contributed by atoms with van der Waals surface area (Å²) in [5, 5.41) is 10.1. The normalized spacial score (nSPS) is 15.4. The Labute approximate surface area is 211 Å².